The zero-order valence-corrected chi connectivity index (χ0v) is 15.8. The normalized spacial score (nSPS) is 20.2. The third-order valence-corrected chi connectivity index (χ3v) is 5.66. The highest BCUT2D eigenvalue weighted by molar-refractivity contribution is 5.47. The van der Waals surface area contributed by atoms with Crippen molar-refractivity contribution in [3.05, 3.63) is 69.3 Å². The van der Waals surface area contributed by atoms with Gasteiger partial charge in [0.2, 0.25) is 0 Å². The molecule has 138 valence electrons. The molecular formula is C22H27NO3. The Balaban J connectivity index is 1.79. The van der Waals surface area contributed by atoms with Gasteiger partial charge in [0, 0.05) is 11.6 Å². The fourth-order valence-corrected chi connectivity index (χ4v) is 4.14. The number of benzene rings is 2. The largest absolute Gasteiger partial charge is 0.496 e. The molecule has 4 nitrogen and oxygen atoms in total. The van der Waals surface area contributed by atoms with Crippen molar-refractivity contribution in [2.75, 3.05) is 7.11 Å². The summed E-state index contributed by atoms with van der Waals surface area (Å²) in [5.41, 5.74) is 3.48. The Morgan fingerprint density at radius 1 is 1.00 bits per heavy atom. The minimum atomic E-state index is -0.215. The van der Waals surface area contributed by atoms with Crippen molar-refractivity contribution < 1.29 is 9.66 Å². The smallest absolute Gasteiger partial charge is 0.273 e. The van der Waals surface area contributed by atoms with Crippen molar-refractivity contribution in [1.82, 2.24) is 0 Å². The van der Waals surface area contributed by atoms with Crippen LogP contribution in [0.15, 0.2) is 42.5 Å². The molecule has 0 aliphatic heterocycles. The zero-order valence-electron chi connectivity index (χ0n) is 15.8. The molecule has 0 atom stereocenters. The lowest BCUT2D eigenvalue weighted by atomic mass is 9.75. The number of nitro groups is 1. The first-order valence-electron chi connectivity index (χ1n) is 9.42. The van der Waals surface area contributed by atoms with E-state index in [4.69, 9.17) is 4.74 Å². The fourth-order valence-electron chi connectivity index (χ4n) is 4.14. The Bertz CT molecular complexity index is 777. The van der Waals surface area contributed by atoms with Gasteiger partial charge in [-0.1, -0.05) is 44.2 Å². The summed E-state index contributed by atoms with van der Waals surface area (Å²) < 4.78 is 5.51. The van der Waals surface area contributed by atoms with E-state index in [1.807, 2.05) is 18.2 Å². The van der Waals surface area contributed by atoms with Gasteiger partial charge in [-0.05, 0) is 60.6 Å². The van der Waals surface area contributed by atoms with Gasteiger partial charge in [0.05, 0.1) is 12.0 Å². The predicted molar refractivity (Wildman–Crippen MR) is 104 cm³/mol. The maximum atomic E-state index is 11.6. The van der Waals surface area contributed by atoms with Gasteiger partial charge in [-0.3, -0.25) is 10.1 Å². The number of hydrogen-bond acceptors (Lipinski definition) is 3. The van der Waals surface area contributed by atoms with Gasteiger partial charge in [-0.15, -0.1) is 0 Å². The van der Waals surface area contributed by atoms with Gasteiger partial charge in [0.15, 0.2) is 0 Å². The Labute approximate surface area is 155 Å². The maximum Gasteiger partial charge on any atom is 0.273 e. The Hall–Kier alpha value is -2.36. The Morgan fingerprint density at radius 3 is 2.19 bits per heavy atom. The summed E-state index contributed by atoms with van der Waals surface area (Å²) in [5.74, 6) is 1.98. The van der Waals surface area contributed by atoms with Crippen LogP contribution in [0.4, 0.5) is 5.69 Å². The minimum absolute atomic E-state index is 0.215. The highest BCUT2D eigenvalue weighted by Gasteiger charge is 2.29. The van der Waals surface area contributed by atoms with Crippen molar-refractivity contribution in [1.29, 1.82) is 0 Å². The quantitative estimate of drug-likeness (QED) is 0.477. The number of hydrogen-bond donors (Lipinski definition) is 0. The zero-order chi connectivity index (χ0) is 18.7. The van der Waals surface area contributed by atoms with Gasteiger partial charge in [-0.2, -0.15) is 0 Å². The summed E-state index contributed by atoms with van der Waals surface area (Å²) in [6.45, 7) is 4.13. The number of para-hydroxylation sites is 1. The topological polar surface area (TPSA) is 52.4 Å². The number of ether oxygens (including phenoxy) is 1. The van der Waals surface area contributed by atoms with Crippen LogP contribution in [0.1, 0.15) is 74.0 Å². The number of rotatable bonds is 5. The van der Waals surface area contributed by atoms with E-state index in [1.54, 1.807) is 13.2 Å². The first-order valence-corrected chi connectivity index (χ1v) is 9.42. The molecule has 0 heterocycles. The van der Waals surface area contributed by atoms with Gasteiger partial charge in [0.25, 0.3) is 5.69 Å². The van der Waals surface area contributed by atoms with Gasteiger partial charge >= 0.3 is 0 Å². The van der Waals surface area contributed by atoms with Crippen LogP contribution < -0.4 is 4.74 Å². The van der Waals surface area contributed by atoms with Crippen LogP contribution in [-0.4, -0.2) is 12.0 Å². The molecule has 4 heteroatoms. The van der Waals surface area contributed by atoms with E-state index in [1.165, 1.54) is 5.56 Å². The van der Waals surface area contributed by atoms with Crippen molar-refractivity contribution in [2.24, 2.45) is 0 Å². The Kier molecular flexibility index (Phi) is 5.60. The van der Waals surface area contributed by atoms with E-state index in [-0.39, 0.29) is 16.5 Å². The third-order valence-electron chi connectivity index (χ3n) is 5.66. The van der Waals surface area contributed by atoms with Crippen LogP contribution in [-0.2, 0) is 0 Å². The molecule has 0 bridgehead atoms. The van der Waals surface area contributed by atoms with Gasteiger partial charge in [0.1, 0.15) is 5.75 Å². The molecule has 0 radical (unpaired) electrons. The molecule has 0 saturated heterocycles. The van der Waals surface area contributed by atoms with Crippen molar-refractivity contribution in [3.63, 3.8) is 0 Å². The predicted octanol–water partition coefficient (Wildman–Crippen LogP) is 6.17. The average molecular weight is 353 g/mol. The second-order valence-electron chi connectivity index (χ2n) is 7.52. The van der Waals surface area contributed by atoms with Crippen molar-refractivity contribution in [3.8, 4) is 5.75 Å². The molecule has 1 saturated carbocycles. The van der Waals surface area contributed by atoms with E-state index in [2.05, 4.69) is 32.0 Å². The average Bonchev–Trinajstić information content (AvgIpc) is 2.67. The molecule has 0 spiro atoms. The lowest BCUT2D eigenvalue weighted by Crippen LogP contribution is -2.14. The number of nitro benzene ring substituents is 1. The first kappa shape index (κ1) is 18.4. The minimum Gasteiger partial charge on any atom is -0.496 e. The van der Waals surface area contributed by atoms with Crippen LogP contribution in [0.2, 0.25) is 0 Å². The van der Waals surface area contributed by atoms with Crippen LogP contribution in [0.25, 0.3) is 0 Å². The molecule has 1 aliphatic carbocycles. The fraction of sp³-hybridized carbons (Fsp3) is 0.455. The molecular weight excluding hydrogens is 326 g/mol. The molecule has 0 N–H and O–H groups in total. The van der Waals surface area contributed by atoms with Crippen LogP contribution in [0.3, 0.4) is 0 Å². The van der Waals surface area contributed by atoms with Crippen molar-refractivity contribution >= 4 is 5.69 Å². The lowest BCUT2D eigenvalue weighted by molar-refractivity contribution is -0.385. The second-order valence-corrected chi connectivity index (χ2v) is 7.52. The molecule has 3 rings (SSSR count). The molecule has 0 aromatic heterocycles. The van der Waals surface area contributed by atoms with Gasteiger partial charge < -0.3 is 4.74 Å². The standard InChI is InChI=1S/C22H27NO3/c1-15(2)18-12-13-19(21(14-18)23(24)25)16-8-10-17(11-9-16)20-6-4-5-7-22(20)26-3/h4-7,12-17H,8-11H2,1-3H3. The van der Waals surface area contributed by atoms with E-state index in [0.29, 0.717) is 11.8 Å². The van der Waals surface area contributed by atoms with Crippen LogP contribution in [0, 0.1) is 10.1 Å². The number of methoxy groups -OCH3 is 1. The van der Waals surface area contributed by atoms with Crippen LogP contribution >= 0.6 is 0 Å². The monoisotopic (exact) mass is 353 g/mol. The molecule has 0 amide bonds. The SMILES string of the molecule is COc1ccccc1C1CCC(c2ccc(C(C)C)cc2[N+](=O)[O-])CC1. The summed E-state index contributed by atoms with van der Waals surface area (Å²) in [7, 11) is 1.71. The summed E-state index contributed by atoms with van der Waals surface area (Å²) in [6.07, 6.45) is 4.03. The van der Waals surface area contributed by atoms with E-state index >= 15 is 0 Å². The highest BCUT2D eigenvalue weighted by Crippen LogP contribution is 2.45. The highest BCUT2D eigenvalue weighted by atomic mass is 16.6. The molecule has 1 aliphatic rings. The summed E-state index contributed by atoms with van der Waals surface area (Å²) in [4.78, 5) is 11.4. The molecule has 1 fully saturated rings. The summed E-state index contributed by atoms with van der Waals surface area (Å²) in [6, 6.07) is 14.0. The molecule has 26 heavy (non-hydrogen) atoms. The Morgan fingerprint density at radius 2 is 1.62 bits per heavy atom. The maximum absolute atomic E-state index is 11.6. The second kappa shape index (κ2) is 7.90. The third kappa shape index (κ3) is 3.74. The molecule has 2 aromatic carbocycles. The van der Waals surface area contributed by atoms with Crippen LogP contribution in [0.5, 0.6) is 5.75 Å². The van der Waals surface area contributed by atoms with Crippen molar-refractivity contribution in [2.45, 2.75) is 57.3 Å². The summed E-state index contributed by atoms with van der Waals surface area (Å²) >= 11 is 0. The van der Waals surface area contributed by atoms with Gasteiger partial charge in [-0.25, -0.2) is 0 Å². The van der Waals surface area contributed by atoms with E-state index in [0.717, 1.165) is 42.6 Å². The van der Waals surface area contributed by atoms with E-state index in [9.17, 15) is 10.1 Å². The lowest BCUT2D eigenvalue weighted by Gasteiger charge is -2.29. The van der Waals surface area contributed by atoms with E-state index < -0.39 is 0 Å². The number of nitrogens with zero attached hydrogens (tertiary/aromatic N) is 1. The molecule has 2 aromatic rings. The first-order chi connectivity index (χ1) is 12.5. The summed E-state index contributed by atoms with van der Waals surface area (Å²) in [5, 5.41) is 11.6. The molecule has 0 unspecified atom stereocenters.